The highest BCUT2D eigenvalue weighted by atomic mass is 19.1. The van der Waals surface area contributed by atoms with Gasteiger partial charge in [-0.2, -0.15) is 5.26 Å². The smallest absolute Gasteiger partial charge is 0.269 e. The summed E-state index contributed by atoms with van der Waals surface area (Å²) >= 11 is 0. The topological polar surface area (TPSA) is 71.9 Å². The Morgan fingerprint density at radius 2 is 1.89 bits per heavy atom. The van der Waals surface area contributed by atoms with E-state index in [1.54, 1.807) is 30.3 Å². The van der Waals surface area contributed by atoms with Crippen LogP contribution in [0.3, 0.4) is 0 Å². The van der Waals surface area contributed by atoms with Crippen LogP contribution in [0.25, 0.3) is 17.3 Å². The Hall–Kier alpha value is -3.72. The van der Waals surface area contributed by atoms with Crippen molar-refractivity contribution in [2.24, 2.45) is 0 Å². The van der Waals surface area contributed by atoms with E-state index in [2.05, 4.69) is 6.07 Å². The van der Waals surface area contributed by atoms with Crippen molar-refractivity contribution in [2.45, 2.75) is 13.8 Å². The lowest BCUT2D eigenvalue weighted by Gasteiger charge is -2.09. The Kier molecular flexibility index (Phi) is 4.86. The zero-order valence-corrected chi connectivity index (χ0v) is 14.8. The maximum Gasteiger partial charge on any atom is 0.269 e. The molecule has 0 amide bonds. The maximum atomic E-state index is 13.5. The summed E-state index contributed by atoms with van der Waals surface area (Å²) in [5.74, 6) is -0.398. The number of nitriles is 1. The van der Waals surface area contributed by atoms with Gasteiger partial charge < -0.3 is 4.57 Å². The normalized spacial score (nSPS) is 11.3. The monoisotopic (exact) mass is 361 g/mol. The van der Waals surface area contributed by atoms with Crippen LogP contribution in [0.5, 0.6) is 0 Å². The molecule has 1 heterocycles. The van der Waals surface area contributed by atoms with Crippen molar-refractivity contribution >= 4 is 17.3 Å². The van der Waals surface area contributed by atoms with Gasteiger partial charge in [0.15, 0.2) is 0 Å². The number of non-ortho nitro benzene ring substituents is 1. The minimum atomic E-state index is -0.439. The molecule has 0 aliphatic heterocycles. The van der Waals surface area contributed by atoms with Crippen LogP contribution in [0, 0.1) is 41.1 Å². The molecule has 0 atom stereocenters. The van der Waals surface area contributed by atoms with Crippen molar-refractivity contribution in [3.63, 3.8) is 0 Å². The average Bonchev–Trinajstić information content (AvgIpc) is 2.93. The number of rotatable bonds is 4. The highest BCUT2D eigenvalue weighted by Crippen LogP contribution is 2.26. The number of halogens is 1. The molecule has 0 aliphatic rings. The number of benzene rings is 2. The molecule has 3 aromatic rings. The summed E-state index contributed by atoms with van der Waals surface area (Å²) in [4.78, 5) is 10.4. The second-order valence-electron chi connectivity index (χ2n) is 6.12. The molecule has 3 rings (SSSR count). The molecule has 6 heteroatoms. The number of nitrogens with zero attached hydrogens (tertiary/aromatic N) is 3. The molecular weight excluding hydrogens is 345 g/mol. The van der Waals surface area contributed by atoms with Gasteiger partial charge in [-0.15, -0.1) is 0 Å². The van der Waals surface area contributed by atoms with Crippen molar-refractivity contribution in [3.8, 4) is 11.8 Å². The minimum Gasteiger partial charge on any atom is -0.318 e. The Labute approximate surface area is 155 Å². The molecule has 5 nitrogen and oxygen atoms in total. The minimum absolute atomic E-state index is 0.0270. The van der Waals surface area contributed by atoms with Crippen LogP contribution >= 0.6 is 0 Å². The van der Waals surface area contributed by atoms with Crippen molar-refractivity contribution < 1.29 is 9.31 Å². The quantitative estimate of drug-likeness (QED) is 0.364. The predicted molar refractivity (Wildman–Crippen MR) is 102 cm³/mol. The fourth-order valence-corrected chi connectivity index (χ4v) is 3.05. The van der Waals surface area contributed by atoms with E-state index in [1.807, 2.05) is 24.5 Å². The van der Waals surface area contributed by atoms with Crippen molar-refractivity contribution in [1.29, 1.82) is 5.26 Å². The molecule has 2 aromatic carbocycles. The predicted octanol–water partition coefficient (Wildman–Crippen LogP) is 5.21. The van der Waals surface area contributed by atoms with Gasteiger partial charge in [0.05, 0.1) is 16.6 Å². The van der Waals surface area contributed by atoms with Gasteiger partial charge in [0.2, 0.25) is 0 Å². The summed E-state index contributed by atoms with van der Waals surface area (Å²) in [6.45, 7) is 3.82. The third-order valence-electron chi connectivity index (χ3n) is 4.34. The molecule has 134 valence electrons. The fraction of sp³-hybridized carbons (Fsp3) is 0.0952. The van der Waals surface area contributed by atoms with Crippen LogP contribution in [0.2, 0.25) is 0 Å². The zero-order chi connectivity index (χ0) is 19.6. The molecule has 0 spiro atoms. The first-order valence-corrected chi connectivity index (χ1v) is 8.22. The highest BCUT2D eigenvalue weighted by molar-refractivity contribution is 5.90. The number of hydrogen-bond acceptors (Lipinski definition) is 3. The van der Waals surface area contributed by atoms with E-state index in [4.69, 9.17) is 0 Å². The Morgan fingerprint density at radius 3 is 2.48 bits per heavy atom. The van der Waals surface area contributed by atoms with Crippen molar-refractivity contribution in [1.82, 2.24) is 4.57 Å². The summed E-state index contributed by atoms with van der Waals surface area (Å²) in [7, 11) is 0. The van der Waals surface area contributed by atoms with E-state index in [0.717, 1.165) is 22.6 Å². The summed E-state index contributed by atoms with van der Waals surface area (Å²) in [5.41, 5.74) is 4.32. The third-order valence-corrected chi connectivity index (χ3v) is 4.34. The summed E-state index contributed by atoms with van der Waals surface area (Å²) in [6, 6.07) is 16.2. The van der Waals surface area contributed by atoms with E-state index in [-0.39, 0.29) is 5.69 Å². The molecule has 1 aromatic heterocycles. The second kappa shape index (κ2) is 7.26. The molecule has 0 fully saturated rings. The molecule has 0 unspecified atom stereocenters. The fourth-order valence-electron chi connectivity index (χ4n) is 3.05. The number of aromatic nitrogens is 1. The van der Waals surface area contributed by atoms with Crippen molar-refractivity contribution in [2.75, 3.05) is 0 Å². The van der Waals surface area contributed by atoms with E-state index >= 15 is 0 Å². The molecule has 27 heavy (non-hydrogen) atoms. The van der Waals surface area contributed by atoms with E-state index in [1.165, 1.54) is 24.3 Å². The van der Waals surface area contributed by atoms with E-state index in [0.29, 0.717) is 11.1 Å². The standard InChI is InChI=1S/C21H16FN3O2/c1-14-10-17(11-18(13-23)16-4-3-5-19(22)12-16)15(2)24(14)20-6-8-21(9-7-20)25(26)27/h3-12H,1-2H3. The van der Waals surface area contributed by atoms with Gasteiger partial charge in [-0.1, -0.05) is 12.1 Å². The Morgan fingerprint density at radius 1 is 1.19 bits per heavy atom. The summed E-state index contributed by atoms with van der Waals surface area (Å²) in [6.07, 6.45) is 1.72. The van der Waals surface area contributed by atoms with Gasteiger partial charge in [-0.05, 0) is 61.4 Å². The van der Waals surface area contributed by atoms with E-state index in [9.17, 15) is 19.8 Å². The molecule has 0 bridgehead atoms. The molecule has 0 saturated heterocycles. The molecule has 0 aliphatic carbocycles. The summed E-state index contributed by atoms with van der Waals surface area (Å²) in [5, 5.41) is 20.3. The lowest BCUT2D eigenvalue weighted by atomic mass is 10.0. The van der Waals surface area contributed by atoms with Crippen LogP contribution in [0.1, 0.15) is 22.5 Å². The highest BCUT2D eigenvalue weighted by Gasteiger charge is 2.12. The van der Waals surface area contributed by atoms with Crippen LogP contribution in [-0.2, 0) is 0 Å². The third kappa shape index (κ3) is 3.62. The van der Waals surface area contributed by atoms with Gasteiger partial charge in [-0.3, -0.25) is 10.1 Å². The van der Waals surface area contributed by atoms with Gasteiger partial charge in [0.25, 0.3) is 5.69 Å². The van der Waals surface area contributed by atoms with Gasteiger partial charge in [-0.25, -0.2) is 4.39 Å². The Bertz CT molecular complexity index is 1090. The van der Waals surface area contributed by atoms with E-state index < -0.39 is 10.7 Å². The molecular formula is C21H16FN3O2. The lowest BCUT2D eigenvalue weighted by Crippen LogP contribution is -1.99. The summed E-state index contributed by atoms with van der Waals surface area (Å²) < 4.78 is 15.4. The molecule has 0 N–H and O–H groups in total. The molecule has 0 saturated carbocycles. The number of aryl methyl sites for hydroxylation is 1. The van der Waals surface area contributed by atoms with Crippen molar-refractivity contribution in [3.05, 3.63) is 93.0 Å². The largest absolute Gasteiger partial charge is 0.318 e. The number of allylic oxidation sites excluding steroid dienone is 1. The van der Waals surface area contributed by atoms with Crippen LogP contribution in [0.4, 0.5) is 10.1 Å². The first-order chi connectivity index (χ1) is 12.9. The van der Waals surface area contributed by atoms with Gasteiger partial charge in [0.1, 0.15) is 5.82 Å². The first-order valence-electron chi connectivity index (χ1n) is 8.22. The number of nitro benzene ring substituents is 1. The lowest BCUT2D eigenvalue weighted by molar-refractivity contribution is -0.384. The van der Waals surface area contributed by atoms with Crippen LogP contribution in [0.15, 0.2) is 54.6 Å². The molecule has 0 radical (unpaired) electrons. The number of hydrogen-bond donors (Lipinski definition) is 0. The van der Waals surface area contributed by atoms with Gasteiger partial charge >= 0.3 is 0 Å². The van der Waals surface area contributed by atoms with Gasteiger partial charge in [0, 0.05) is 29.2 Å². The maximum absolute atomic E-state index is 13.5. The van der Waals surface area contributed by atoms with Crippen LogP contribution in [-0.4, -0.2) is 9.49 Å². The SMILES string of the molecule is Cc1cc(C=C(C#N)c2cccc(F)c2)c(C)n1-c1ccc([N+](=O)[O-])cc1. The average molecular weight is 361 g/mol. The zero-order valence-electron chi connectivity index (χ0n) is 14.8. The Balaban J connectivity index is 2.05. The first kappa shape index (κ1) is 18.1. The number of nitro groups is 1. The van der Waals surface area contributed by atoms with Crippen LogP contribution < -0.4 is 0 Å². The second-order valence-corrected chi connectivity index (χ2v) is 6.12.